The zero-order valence-electron chi connectivity index (χ0n) is 9.54. The molecule has 2 saturated heterocycles. The average Bonchev–Trinajstić information content (AvgIpc) is 2.15. The molecule has 0 aromatic carbocycles. The van der Waals surface area contributed by atoms with Gasteiger partial charge in [0.15, 0.2) is 0 Å². The molecular weight excluding hydrogens is 226 g/mol. The molecule has 1 unspecified atom stereocenters. The van der Waals surface area contributed by atoms with Crippen LogP contribution in [0, 0.1) is 5.92 Å². The Bertz CT molecular complexity index is 308. The van der Waals surface area contributed by atoms with Gasteiger partial charge in [-0.2, -0.15) is 0 Å². The lowest BCUT2D eigenvalue weighted by molar-refractivity contribution is 0.338. The fourth-order valence-corrected chi connectivity index (χ4v) is 3.61. The monoisotopic (exact) mass is 247 g/mol. The molecular formula is C10H21N3O2S. The van der Waals surface area contributed by atoms with Gasteiger partial charge < -0.3 is 10.6 Å². The smallest absolute Gasteiger partial charge is 0.211 e. The summed E-state index contributed by atoms with van der Waals surface area (Å²) >= 11 is 0. The van der Waals surface area contributed by atoms with Crippen LogP contribution in [0.15, 0.2) is 0 Å². The quantitative estimate of drug-likeness (QED) is 0.599. The van der Waals surface area contributed by atoms with Gasteiger partial charge in [-0.3, -0.25) is 0 Å². The minimum absolute atomic E-state index is 0.0956. The number of hydrogen-bond donors (Lipinski definition) is 3. The molecule has 0 bridgehead atoms. The molecule has 2 aliphatic rings. The van der Waals surface area contributed by atoms with Gasteiger partial charge in [-0.25, -0.2) is 13.1 Å². The van der Waals surface area contributed by atoms with E-state index in [-0.39, 0.29) is 11.8 Å². The Labute approximate surface area is 97.4 Å². The number of rotatable bonds is 5. The van der Waals surface area contributed by atoms with Gasteiger partial charge in [-0.15, -0.1) is 0 Å². The average molecular weight is 247 g/mol. The second-order valence-corrected chi connectivity index (χ2v) is 6.67. The summed E-state index contributed by atoms with van der Waals surface area (Å²) in [5.74, 6) is 0.830. The second-order valence-electron chi connectivity index (χ2n) is 4.79. The van der Waals surface area contributed by atoms with E-state index in [0.717, 1.165) is 45.4 Å². The fraction of sp³-hybridized carbons (Fsp3) is 1.00. The van der Waals surface area contributed by atoms with Crippen molar-refractivity contribution in [3.05, 3.63) is 0 Å². The number of nitrogens with one attached hydrogen (secondary N) is 3. The van der Waals surface area contributed by atoms with Crippen LogP contribution in [-0.4, -0.2) is 46.4 Å². The summed E-state index contributed by atoms with van der Waals surface area (Å²) in [6, 6.07) is 0.0956. The molecule has 0 aliphatic carbocycles. The molecule has 5 nitrogen and oxygen atoms in total. The predicted molar refractivity (Wildman–Crippen MR) is 63.8 cm³/mol. The molecule has 3 N–H and O–H groups in total. The lowest BCUT2D eigenvalue weighted by Crippen LogP contribution is -2.47. The maximum atomic E-state index is 11.8. The number of hydrogen-bond acceptors (Lipinski definition) is 4. The molecule has 6 heteroatoms. The summed E-state index contributed by atoms with van der Waals surface area (Å²) in [6.07, 6.45) is 2.79. The molecule has 2 heterocycles. The normalized spacial score (nSPS) is 27.6. The van der Waals surface area contributed by atoms with Gasteiger partial charge in [0.25, 0.3) is 0 Å². The van der Waals surface area contributed by atoms with E-state index in [1.54, 1.807) is 0 Å². The largest absolute Gasteiger partial charge is 0.316 e. The van der Waals surface area contributed by atoms with Crippen molar-refractivity contribution in [1.29, 1.82) is 0 Å². The highest BCUT2D eigenvalue weighted by Crippen LogP contribution is 2.10. The Balaban J connectivity index is 1.72. The van der Waals surface area contributed by atoms with Crippen molar-refractivity contribution in [3.63, 3.8) is 0 Å². The van der Waals surface area contributed by atoms with Crippen molar-refractivity contribution in [2.75, 3.05) is 31.9 Å². The fourth-order valence-electron chi connectivity index (χ4n) is 2.14. The van der Waals surface area contributed by atoms with E-state index in [1.807, 2.05) is 0 Å². The molecule has 0 aromatic rings. The molecule has 0 spiro atoms. The van der Waals surface area contributed by atoms with Crippen molar-refractivity contribution < 1.29 is 8.42 Å². The summed E-state index contributed by atoms with van der Waals surface area (Å²) in [4.78, 5) is 0. The Kier molecular flexibility index (Phi) is 4.18. The summed E-state index contributed by atoms with van der Waals surface area (Å²) < 4.78 is 26.4. The van der Waals surface area contributed by atoms with Crippen LogP contribution in [0.1, 0.15) is 19.3 Å². The van der Waals surface area contributed by atoms with Gasteiger partial charge >= 0.3 is 0 Å². The summed E-state index contributed by atoms with van der Waals surface area (Å²) in [5.41, 5.74) is 0. The molecule has 2 rings (SSSR count). The van der Waals surface area contributed by atoms with E-state index in [4.69, 9.17) is 0 Å². The third kappa shape index (κ3) is 3.69. The number of piperidine rings is 1. The van der Waals surface area contributed by atoms with Gasteiger partial charge in [0.05, 0.1) is 5.75 Å². The van der Waals surface area contributed by atoms with Crippen molar-refractivity contribution in [2.45, 2.75) is 25.3 Å². The van der Waals surface area contributed by atoms with Crippen molar-refractivity contribution in [2.24, 2.45) is 5.92 Å². The molecule has 0 saturated carbocycles. The minimum Gasteiger partial charge on any atom is -0.316 e. The van der Waals surface area contributed by atoms with Crippen LogP contribution in [0.25, 0.3) is 0 Å². The molecule has 94 valence electrons. The number of sulfonamides is 1. The van der Waals surface area contributed by atoms with Gasteiger partial charge in [0.1, 0.15) is 0 Å². The second kappa shape index (κ2) is 5.44. The van der Waals surface area contributed by atoms with Crippen molar-refractivity contribution in [1.82, 2.24) is 15.4 Å². The third-order valence-electron chi connectivity index (χ3n) is 3.30. The molecule has 0 radical (unpaired) electrons. The Hall–Kier alpha value is -0.170. The zero-order valence-corrected chi connectivity index (χ0v) is 10.4. The van der Waals surface area contributed by atoms with Gasteiger partial charge in [-0.05, 0) is 44.8 Å². The molecule has 1 atom stereocenters. The Morgan fingerprint density at radius 2 is 2.00 bits per heavy atom. The molecule has 2 fully saturated rings. The van der Waals surface area contributed by atoms with Gasteiger partial charge in [-0.1, -0.05) is 0 Å². The van der Waals surface area contributed by atoms with Crippen LogP contribution < -0.4 is 15.4 Å². The van der Waals surface area contributed by atoms with E-state index < -0.39 is 10.0 Å². The molecule has 2 aliphatic heterocycles. The molecule has 0 aromatic heterocycles. The topological polar surface area (TPSA) is 70.2 Å². The van der Waals surface area contributed by atoms with Gasteiger partial charge in [0, 0.05) is 12.6 Å². The maximum absolute atomic E-state index is 11.8. The van der Waals surface area contributed by atoms with Crippen LogP contribution in [0.2, 0.25) is 0 Å². The van der Waals surface area contributed by atoms with Crippen LogP contribution in [-0.2, 0) is 10.0 Å². The molecule has 0 amide bonds. The summed E-state index contributed by atoms with van der Waals surface area (Å²) in [6.45, 7) is 3.72. The van der Waals surface area contributed by atoms with Crippen LogP contribution in [0.3, 0.4) is 0 Å². The summed E-state index contributed by atoms with van der Waals surface area (Å²) in [7, 11) is -3.07. The van der Waals surface area contributed by atoms with Crippen molar-refractivity contribution in [3.8, 4) is 0 Å². The van der Waals surface area contributed by atoms with E-state index in [0.29, 0.717) is 5.92 Å². The van der Waals surface area contributed by atoms with Gasteiger partial charge in [0.2, 0.25) is 10.0 Å². The zero-order chi connectivity index (χ0) is 11.4. The Morgan fingerprint density at radius 1 is 1.19 bits per heavy atom. The van der Waals surface area contributed by atoms with E-state index in [2.05, 4.69) is 15.4 Å². The first kappa shape index (κ1) is 12.3. The van der Waals surface area contributed by atoms with E-state index >= 15 is 0 Å². The predicted octanol–water partition coefficient (Wildman–Crippen LogP) is -0.733. The lowest BCUT2D eigenvalue weighted by Gasteiger charge is -2.28. The third-order valence-corrected chi connectivity index (χ3v) is 4.77. The first-order valence-electron chi connectivity index (χ1n) is 6.07. The summed E-state index contributed by atoms with van der Waals surface area (Å²) in [5, 5.41) is 6.36. The Morgan fingerprint density at radius 3 is 2.56 bits per heavy atom. The van der Waals surface area contributed by atoms with E-state index in [1.165, 1.54) is 0 Å². The van der Waals surface area contributed by atoms with Crippen LogP contribution >= 0.6 is 0 Å². The standard InChI is InChI=1S/C10H21N3O2S/c14-16(15,5-3-9-6-12-7-9)13-10-2-1-4-11-8-10/h9-13H,1-8H2. The first-order valence-corrected chi connectivity index (χ1v) is 7.72. The minimum atomic E-state index is -3.07. The maximum Gasteiger partial charge on any atom is 0.211 e. The first-order chi connectivity index (χ1) is 7.66. The molecule has 16 heavy (non-hydrogen) atoms. The highest BCUT2D eigenvalue weighted by Gasteiger charge is 2.23. The van der Waals surface area contributed by atoms with Crippen LogP contribution in [0.5, 0.6) is 0 Å². The highest BCUT2D eigenvalue weighted by molar-refractivity contribution is 7.89. The highest BCUT2D eigenvalue weighted by atomic mass is 32.2. The lowest BCUT2D eigenvalue weighted by atomic mass is 10.0. The van der Waals surface area contributed by atoms with Crippen molar-refractivity contribution >= 4 is 10.0 Å². The van der Waals surface area contributed by atoms with Crippen LogP contribution in [0.4, 0.5) is 0 Å². The SMILES string of the molecule is O=S(=O)(CCC1CNC1)NC1CCCNC1. The van der Waals surface area contributed by atoms with E-state index in [9.17, 15) is 8.42 Å².